The molecule has 2 aromatic carbocycles. The van der Waals surface area contributed by atoms with Crippen LogP contribution < -0.4 is 9.64 Å². The molecule has 1 aromatic heterocycles. The van der Waals surface area contributed by atoms with Gasteiger partial charge < -0.3 is 14.7 Å². The summed E-state index contributed by atoms with van der Waals surface area (Å²) >= 11 is 0. The van der Waals surface area contributed by atoms with E-state index in [9.17, 15) is 23.1 Å². The van der Waals surface area contributed by atoms with Crippen LogP contribution in [0, 0.1) is 0 Å². The molecule has 0 bridgehead atoms. The average Bonchev–Trinajstić information content (AvgIpc) is 2.81. The molecule has 1 aliphatic heterocycles. The number of aromatic carboxylic acids is 1. The van der Waals surface area contributed by atoms with Gasteiger partial charge in [-0.1, -0.05) is 24.3 Å². The van der Waals surface area contributed by atoms with E-state index in [0.29, 0.717) is 42.1 Å². The quantitative estimate of drug-likeness (QED) is 0.474. The van der Waals surface area contributed by atoms with E-state index >= 15 is 0 Å². The number of carbonyl (C=O) groups is 1. The zero-order valence-electron chi connectivity index (χ0n) is 17.8. The number of alkyl halides is 3. The van der Waals surface area contributed by atoms with Crippen LogP contribution in [0.3, 0.4) is 0 Å². The van der Waals surface area contributed by atoms with Crippen molar-refractivity contribution in [3.8, 4) is 5.75 Å². The molecular formula is C25H23F3N2O3. The average molecular weight is 456 g/mol. The first-order valence-corrected chi connectivity index (χ1v) is 10.6. The third-order valence-electron chi connectivity index (χ3n) is 5.77. The van der Waals surface area contributed by atoms with Gasteiger partial charge in [0.1, 0.15) is 12.3 Å². The van der Waals surface area contributed by atoms with Gasteiger partial charge in [-0.2, -0.15) is 13.2 Å². The SMILES string of the molecule is O=C(O)c1ccncc1CCC1CCOc2cc(N(CC(F)(F)F)c3ccccc3)ccc21. The molecule has 4 rings (SSSR count). The Labute approximate surface area is 189 Å². The Bertz CT molecular complexity index is 1120. The van der Waals surface area contributed by atoms with Crippen LogP contribution in [-0.2, 0) is 6.42 Å². The van der Waals surface area contributed by atoms with Crippen molar-refractivity contribution in [1.29, 1.82) is 0 Å². The molecule has 1 unspecified atom stereocenters. The third kappa shape index (κ3) is 5.45. The number of carboxylic acid groups (broad SMARTS) is 1. The summed E-state index contributed by atoms with van der Waals surface area (Å²) in [6.07, 6.45) is 0.623. The van der Waals surface area contributed by atoms with E-state index in [-0.39, 0.29) is 11.5 Å². The van der Waals surface area contributed by atoms with E-state index in [4.69, 9.17) is 4.74 Å². The highest BCUT2D eigenvalue weighted by Gasteiger charge is 2.32. The molecular weight excluding hydrogens is 433 g/mol. The molecule has 172 valence electrons. The fourth-order valence-electron chi connectivity index (χ4n) is 4.20. The zero-order chi connectivity index (χ0) is 23.4. The number of aromatic nitrogens is 1. The summed E-state index contributed by atoms with van der Waals surface area (Å²) in [5, 5.41) is 9.38. The Morgan fingerprint density at radius 3 is 2.64 bits per heavy atom. The van der Waals surface area contributed by atoms with Gasteiger partial charge in [0.05, 0.1) is 12.2 Å². The number of ether oxygens (including phenoxy) is 1. The molecule has 0 amide bonds. The van der Waals surface area contributed by atoms with Crippen molar-refractivity contribution in [3.05, 3.63) is 83.7 Å². The number of para-hydroxylation sites is 1. The molecule has 0 saturated carbocycles. The smallest absolute Gasteiger partial charge is 0.406 e. The summed E-state index contributed by atoms with van der Waals surface area (Å²) in [7, 11) is 0. The van der Waals surface area contributed by atoms with Crippen LogP contribution in [0.1, 0.15) is 40.2 Å². The number of carboxylic acids is 1. The minimum atomic E-state index is -4.37. The number of aryl methyl sites for hydroxylation is 1. The van der Waals surface area contributed by atoms with Gasteiger partial charge >= 0.3 is 12.1 Å². The molecule has 33 heavy (non-hydrogen) atoms. The number of rotatable bonds is 7. The van der Waals surface area contributed by atoms with Crippen molar-refractivity contribution in [1.82, 2.24) is 4.98 Å². The third-order valence-corrected chi connectivity index (χ3v) is 5.77. The summed E-state index contributed by atoms with van der Waals surface area (Å²) in [6, 6.07) is 15.1. The summed E-state index contributed by atoms with van der Waals surface area (Å²) in [5.74, 6) is -0.316. The number of nitrogens with zero attached hydrogens (tertiary/aromatic N) is 2. The number of benzene rings is 2. The Hall–Kier alpha value is -3.55. The molecule has 1 N–H and O–H groups in total. The number of halogens is 3. The van der Waals surface area contributed by atoms with Crippen molar-refractivity contribution in [2.45, 2.75) is 31.4 Å². The van der Waals surface area contributed by atoms with Crippen LogP contribution in [-0.4, -0.2) is 35.4 Å². The van der Waals surface area contributed by atoms with Crippen LogP contribution >= 0.6 is 0 Å². The standard InChI is InChI=1S/C25H23F3N2O3/c26-25(27,28)16-30(19-4-2-1-3-5-19)20-8-9-21-17(11-13-33-23(21)14-20)6-7-18-15-29-12-10-22(18)24(31)32/h1-5,8-10,12,14-15,17H,6-7,11,13,16H2,(H,31,32). The summed E-state index contributed by atoms with van der Waals surface area (Å²) in [4.78, 5) is 16.7. The van der Waals surface area contributed by atoms with E-state index < -0.39 is 18.7 Å². The molecule has 3 aromatic rings. The Morgan fingerprint density at radius 2 is 1.91 bits per heavy atom. The fourth-order valence-corrected chi connectivity index (χ4v) is 4.20. The van der Waals surface area contributed by atoms with E-state index in [1.54, 1.807) is 48.7 Å². The van der Waals surface area contributed by atoms with Crippen LogP contribution in [0.25, 0.3) is 0 Å². The molecule has 0 saturated heterocycles. The van der Waals surface area contributed by atoms with Gasteiger partial charge in [0.2, 0.25) is 0 Å². The monoisotopic (exact) mass is 456 g/mol. The van der Waals surface area contributed by atoms with E-state index in [1.807, 2.05) is 6.07 Å². The van der Waals surface area contributed by atoms with Crippen LogP contribution in [0.4, 0.5) is 24.5 Å². The maximum atomic E-state index is 13.3. The largest absolute Gasteiger partial charge is 0.493 e. The zero-order valence-corrected chi connectivity index (χ0v) is 17.8. The van der Waals surface area contributed by atoms with Gasteiger partial charge in [0, 0.05) is 29.8 Å². The van der Waals surface area contributed by atoms with Crippen molar-refractivity contribution >= 4 is 17.3 Å². The topological polar surface area (TPSA) is 62.7 Å². The molecule has 0 fully saturated rings. The minimum absolute atomic E-state index is 0.109. The molecule has 1 aliphatic rings. The van der Waals surface area contributed by atoms with Crippen LogP contribution in [0.2, 0.25) is 0 Å². The highest BCUT2D eigenvalue weighted by Crippen LogP contribution is 2.40. The second kappa shape index (κ2) is 9.52. The highest BCUT2D eigenvalue weighted by molar-refractivity contribution is 5.89. The van der Waals surface area contributed by atoms with E-state index in [0.717, 1.165) is 12.0 Å². The number of anilines is 2. The Balaban J connectivity index is 1.58. The fraction of sp³-hybridized carbons (Fsp3) is 0.280. The lowest BCUT2D eigenvalue weighted by molar-refractivity contribution is -0.118. The van der Waals surface area contributed by atoms with Crippen molar-refractivity contribution in [2.24, 2.45) is 0 Å². The first kappa shape index (κ1) is 22.6. The Kier molecular flexibility index (Phi) is 6.53. The lowest BCUT2D eigenvalue weighted by Gasteiger charge is -2.30. The number of hydrogen-bond acceptors (Lipinski definition) is 4. The molecule has 0 aliphatic carbocycles. The molecule has 8 heteroatoms. The van der Waals surface area contributed by atoms with Gasteiger partial charge in [0.15, 0.2) is 0 Å². The van der Waals surface area contributed by atoms with Crippen molar-refractivity contribution in [3.63, 3.8) is 0 Å². The maximum Gasteiger partial charge on any atom is 0.406 e. The maximum absolute atomic E-state index is 13.3. The second-order valence-electron chi connectivity index (χ2n) is 7.97. The lowest BCUT2D eigenvalue weighted by atomic mass is 9.87. The minimum Gasteiger partial charge on any atom is -0.493 e. The van der Waals surface area contributed by atoms with Crippen LogP contribution in [0.15, 0.2) is 67.0 Å². The van der Waals surface area contributed by atoms with Crippen LogP contribution in [0.5, 0.6) is 5.75 Å². The predicted molar refractivity (Wildman–Crippen MR) is 118 cm³/mol. The van der Waals surface area contributed by atoms with E-state index in [2.05, 4.69) is 4.98 Å². The second-order valence-corrected chi connectivity index (χ2v) is 7.97. The van der Waals surface area contributed by atoms with Gasteiger partial charge in [-0.3, -0.25) is 4.98 Å². The van der Waals surface area contributed by atoms with Crippen molar-refractivity contribution < 1.29 is 27.8 Å². The number of pyridine rings is 1. The normalized spacial score (nSPS) is 15.4. The van der Waals surface area contributed by atoms with Crippen molar-refractivity contribution in [2.75, 3.05) is 18.1 Å². The van der Waals surface area contributed by atoms with E-state index in [1.165, 1.54) is 17.2 Å². The lowest BCUT2D eigenvalue weighted by Crippen LogP contribution is -2.30. The summed E-state index contributed by atoms with van der Waals surface area (Å²) in [6.45, 7) is -0.664. The molecule has 5 nitrogen and oxygen atoms in total. The van der Waals surface area contributed by atoms with Gasteiger partial charge in [-0.15, -0.1) is 0 Å². The molecule has 0 spiro atoms. The number of fused-ring (bicyclic) bond motifs is 1. The predicted octanol–water partition coefficient (Wildman–Crippen LogP) is 5.98. The molecule has 0 radical (unpaired) electrons. The first-order chi connectivity index (χ1) is 15.8. The molecule has 2 heterocycles. The Morgan fingerprint density at radius 1 is 1.12 bits per heavy atom. The van der Waals surface area contributed by atoms with Gasteiger partial charge in [0.25, 0.3) is 0 Å². The molecule has 1 atom stereocenters. The van der Waals surface area contributed by atoms with Gasteiger partial charge in [-0.05, 0) is 60.6 Å². The highest BCUT2D eigenvalue weighted by atomic mass is 19.4. The number of hydrogen-bond donors (Lipinski definition) is 1. The first-order valence-electron chi connectivity index (χ1n) is 10.6. The van der Waals surface area contributed by atoms with Gasteiger partial charge in [-0.25, -0.2) is 4.79 Å². The summed E-state index contributed by atoms with van der Waals surface area (Å²) < 4.78 is 45.7. The summed E-state index contributed by atoms with van der Waals surface area (Å²) in [5.41, 5.74) is 2.66.